The third kappa shape index (κ3) is 7.67. The molecule has 0 aliphatic rings. The Kier molecular flexibility index (Phi) is 11.7. The zero-order valence-corrected chi connectivity index (χ0v) is 13.3. The van der Waals surface area contributed by atoms with Gasteiger partial charge in [-0.3, -0.25) is 0 Å². The standard InChI is InChI=1S/C16H24O8/c17-5-3-11(8-19)14(22)1-2-15(23)13(10-21)7-16(24)12(9-20)4-6-18/h5-6,8-16,22-24H,1-4,7H2/t11-,12?,13?,14+,15?,16?/m1/s1. The Labute approximate surface area is 139 Å². The van der Waals surface area contributed by atoms with Gasteiger partial charge >= 0.3 is 0 Å². The molecule has 8 nitrogen and oxygen atoms in total. The number of aliphatic hydroxyl groups is 3. The van der Waals surface area contributed by atoms with E-state index in [9.17, 15) is 39.3 Å². The number of carbonyl (C=O) groups is 5. The second-order valence-corrected chi connectivity index (χ2v) is 5.72. The first-order chi connectivity index (χ1) is 11.4. The van der Waals surface area contributed by atoms with E-state index in [4.69, 9.17) is 0 Å². The highest BCUT2D eigenvalue weighted by molar-refractivity contribution is 5.63. The van der Waals surface area contributed by atoms with Crippen LogP contribution in [0.15, 0.2) is 0 Å². The quantitative estimate of drug-likeness (QED) is 0.316. The van der Waals surface area contributed by atoms with E-state index in [0.717, 1.165) is 0 Å². The van der Waals surface area contributed by atoms with Crippen LogP contribution in [0, 0.1) is 17.8 Å². The van der Waals surface area contributed by atoms with E-state index in [-0.39, 0.29) is 32.1 Å². The fraction of sp³-hybridized carbons (Fsp3) is 0.688. The number of carbonyl (C=O) groups excluding carboxylic acids is 5. The molecular formula is C16H24O8. The Bertz CT molecular complexity index is 411. The highest BCUT2D eigenvalue weighted by atomic mass is 16.3. The van der Waals surface area contributed by atoms with Crippen LogP contribution in [0.4, 0.5) is 0 Å². The second-order valence-electron chi connectivity index (χ2n) is 5.72. The van der Waals surface area contributed by atoms with E-state index in [1.807, 2.05) is 0 Å². The van der Waals surface area contributed by atoms with Gasteiger partial charge in [0.25, 0.3) is 0 Å². The summed E-state index contributed by atoms with van der Waals surface area (Å²) in [7, 11) is 0. The number of rotatable bonds is 15. The number of hydrogen-bond acceptors (Lipinski definition) is 8. The highest BCUT2D eigenvalue weighted by Crippen LogP contribution is 2.21. The molecule has 0 amide bonds. The molecule has 0 aromatic heterocycles. The lowest BCUT2D eigenvalue weighted by Crippen LogP contribution is -2.32. The summed E-state index contributed by atoms with van der Waals surface area (Å²) in [6.07, 6.45) is -1.82. The molecule has 8 heteroatoms. The van der Waals surface area contributed by atoms with Gasteiger partial charge in [0.05, 0.1) is 18.3 Å². The molecule has 24 heavy (non-hydrogen) atoms. The van der Waals surface area contributed by atoms with Crippen molar-refractivity contribution in [1.82, 2.24) is 0 Å². The fourth-order valence-electron chi connectivity index (χ4n) is 2.36. The van der Waals surface area contributed by atoms with Crippen molar-refractivity contribution in [2.24, 2.45) is 17.8 Å². The summed E-state index contributed by atoms with van der Waals surface area (Å²) in [5.41, 5.74) is 0. The molecule has 0 saturated carbocycles. The van der Waals surface area contributed by atoms with E-state index in [2.05, 4.69) is 0 Å². The predicted molar refractivity (Wildman–Crippen MR) is 81.9 cm³/mol. The molecule has 0 spiro atoms. The highest BCUT2D eigenvalue weighted by Gasteiger charge is 2.28. The number of aliphatic hydroxyl groups excluding tert-OH is 3. The smallest absolute Gasteiger partial charge is 0.126 e. The topological polar surface area (TPSA) is 146 Å². The lowest BCUT2D eigenvalue weighted by Gasteiger charge is -2.24. The van der Waals surface area contributed by atoms with Crippen molar-refractivity contribution < 1.29 is 39.3 Å². The third-order valence-corrected chi connectivity index (χ3v) is 4.02. The van der Waals surface area contributed by atoms with E-state index in [1.54, 1.807) is 0 Å². The monoisotopic (exact) mass is 344 g/mol. The van der Waals surface area contributed by atoms with Crippen LogP contribution >= 0.6 is 0 Å². The normalized spacial score (nSPS) is 18.5. The van der Waals surface area contributed by atoms with Gasteiger partial charge in [-0.25, -0.2) is 0 Å². The summed E-state index contributed by atoms with van der Waals surface area (Å²) < 4.78 is 0. The molecule has 4 unspecified atom stereocenters. The Hall–Kier alpha value is -1.77. The van der Waals surface area contributed by atoms with Crippen LogP contribution in [0.2, 0.25) is 0 Å². The molecule has 3 N–H and O–H groups in total. The lowest BCUT2D eigenvalue weighted by molar-refractivity contribution is -0.122. The molecular weight excluding hydrogens is 320 g/mol. The number of hydrogen-bond donors (Lipinski definition) is 3. The van der Waals surface area contributed by atoms with E-state index in [1.165, 1.54) is 0 Å². The summed E-state index contributed by atoms with van der Waals surface area (Å²) in [6, 6.07) is 0. The van der Waals surface area contributed by atoms with Crippen molar-refractivity contribution in [2.75, 3.05) is 0 Å². The van der Waals surface area contributed by atoms with Gasteiger partial charge in [0.15, 0.2) is 0 Å². The molecule has 0 saturated heterocycles. The van der Waals surface area contributed by atoms with Gasteiger partial charge in [0.1, 0.15) is 31.4 Å². The summed E-state index contributed by atoms with van der Waals surface area (Å²) in [4.78, 5) is 53.5. The summed E-state index contributed by atoms with van der Waals surface area (Å²) in [5.74, 6) is -2.81. The molecule has 6 atom stereocenters. The Balaban J connectivity index is 4.57. The first-order valence-corrected chi connectivity index (χ1v) is 7.72. The van der Waals surface area contributed by atoms with Gasteiger partial charge in [-0.2, -0.15) is 0 Å². The lowest BCUT2D eigenvalue weighted by atomic mass is 9.87. The molecule has 0 rings (SSSR count). The Morgan fingerprint density at radius 2 is 0.958 bits per heavy atom. The molecule has 0 aromatic rings. The maximum absolute atomic E-state index is 11.1. The average molecular weight is 344 g/mol. The summed E-state index contributed by atoms with van der Waals surface area (Å²) >= 11 is 0. The molecule has 136 valence electrons. The van der Waals surface area contributed by atoms with E-state index in [0.29, 0.717) is 31.4 Å². The van der Waals surface area contributed by atoms with Crippen molar-refractivity contribution in [3.05, 3.63) is 0 Å². The van der Waals surface area contributed by atoms with Crippen molar-refractivity contribution in [3.63, 3.8) is 0 Å². The van der Waals surface area contributed by atoms with E-state index >= 15 is 0 Å². The van der Waals surface area contributed by atoms with Crippen molar-refractivity contribution >= 4 is 31.4 Å². The van der Waals surface area contributed by atoms with Crippen LogP contribution in [0.1, 0.15) is 32.1 Å². The van der Waals surface area contributed by atoms with Crippen LogP contribution in [0.25, 0.3) is 0 Å². The van der Waals surface area contributed by atoms with Crippen LogP contribution in [0.3, 0.4) is 0 Å². The molecule has 0 aliphatic carbocycles. The fourth-order valence-corrected chi connectivity index (χ4v) is 2.36. The van der Waals surface area contributed by atoms with Crippen LogP contribution < -0.4 is 0 Å². The molecule has 0 aliphatic heterocycles. The molecule has 0 aromatic carbocycles. The van der Waals surface area contributed by atoms with Crippen LogP contribution in [-0.4, -0.2) is 65.1 Å². The van der Waals surface area contributed by atoms with Gasteiger partial charge in [0, 0.05) is 30.6 Å². The molecule has 0 heterocycles. The minimum absolute atomic E-state index is 0.00963. The maximum atomic E-state index is 11.1. The van der Waals surface area contributed by atoms with Crippen molar-refractivity contribution in [2.45, 2.75) is 50.4 Å². The number of aldehydes is 5. The largest absolute Gasteiger partial charge is 0.392 e. The van der Waals surface area contributed by atoms with Crippen LogP contribution in [-0.2, 0) is 24.0 Å². The third-order valence-electron chi connectivity index (χ3n) is 4.02. The maximum Gasteiger partial charge on any atom is 0.126 e. The molecule has 0 fully saturated rings. The molecule has 0 bridgehead atoms. The first-order valence-electron chi connectivity index (χ1n) is 7.72. The predicted octanol–water partition coefficient (Wildman–Crippen LogP) is -1.14. The zero-order chi connectivity index (χ0) is 18.5. The minimum Gasteiger partial charge on any atom is -0.392 e. The zero-order valence-electron chi connectivity index (χ0n) is 13.3. The second kappa shape index (κ2) is 12.6. The summed E-state index contributed by atoms with van der Waals surface area (Å²) in [5, 5.41) is 29.7. The van der Waals surface area contributed by atoms with Gasteiger partial charge in [-0.1, -0.05) is 0 Å². The molecule has 0 radical (unpaired) electrons. The van der Waals surface area contributed by atoms with E-state index < -0.39 is 36.1 Å². The van der Waals surface area contributed by atoms with Gasteiger partial charge in [-0.05, 0) is 19.3 Å². The minimum atomic E-state index is -1.25. The Morgan fingerprint density at radius 3 is 1.33 bits per heavy atom. The van der Waals surface area contributed by atoms with Gasteiger partial charge in [-0.15, -0.1) is 0 Å². The van der Waals surface area contributed by atoms with Crippen molar-refractivity contribution in [3.8, 4) is 0 Å². The van der Waals surface area contributed by atoms with Crippen LogP contribution in [0.5, 0.6) is 0 Å². The summed E-state index contributed by atoms with van der Waals surface area (Å²) in [6.45, 7) is 0. The Morgan fingerprint density at radius 1 is 0.583 bits per heavy atom. The first kappa shape index (κ1) is 22.2. The average Bonchev–Trinajstić information content (AvgIpc) is 2.59. The van der Waals surface area contributed by atoms with Gasteiger partial charge in [0.2, 0.25) is 0 Å². The van der Waals surface area contributed by atoms with Gasteiger partial charge < -0.3 is 39.3 Å². The SMILES string of the molecule is O=CCC(C=O)C(O)CC(C=O)C(O)CC[C@H](O)[C@@H](C=O)CC=O. The van der Waals surface area contributed by atoms with Crippen molar-refractivity contribution in [1.29, 1.82) is 0 Å².